The molecule has 1 aliphatic rings. The summed E-state index contributed by atoms with van der Waals surface area (Å²) in [6, 6.07) is 0.160. The molecule has 2 aromatic heterocycles. The quantitative estimate of drug-likeness (QED) is 0.353. The van der Waals surface area contributed by atoms with Crippen LogP contribution in [0.25, 0.3) is 11.0 Å². The Morgan fingerprint density at radius 3 is 2.30 bits per heavy atom. The lowest BCUT2D eigenvalue weighted by atomic mass is 9.93. The summed E-state index contributed by atoms with van der Waals surface area (Å²) in [5.74, 6) is -8.96. The number of aromatic nitrogens is 4. The molecule has 160 valence electrons. The van der Waals surface area contributed by atoms with Gasteiger partial charge in [-0.15, -0.1) is 0 Å². The molecule has 1 aliphatic carbocycles. The molecule has 30 heavy (non-hydrogen) atoms. The number of benzene rings is 1. The Balaban J connectivity index is 1.28. The van der Waals surface area contributed by atoms with Crippen LogP contribution in [0.1, 0.15) is 31.2 Å². The SMILES string of the molecule is Fc1c(F)c(F)c(CCO[C@H]2CC[C@H](Nc3ncnc4[nH]ncc34)CC2)c(F)c1F. The van der Waals surface area contributed by atoms with Gasteiger partial charge in [0, 0.05) is 18.0 Å². The maximum atomic E-state index is 13.7. The van der Waals surface area contributed by atoms with Gasteiger partial charge in [0.1, 0.15) is 12.1 Å². The molecule has 0 atom stereocenters. The zero-order valence-electron chi connectivity index (χ0n) is 15.7. The van der Waals surface area contributed by atoms with E-state index in [1.165, 1.54) is 6.33 Å². The highest BCUT2D eigenvalue weighted by molar-refractivity contribution is 5.85. The van der Waals surface area contributed by atoms with Crippen molar-refractivity contribution in [2.24, 2.45) is 0 Å². The van der Waals surface area contributed by atoms with E-state index in [1.54, 1.807) is 6.20 Å². The normalized spacial score (nSPS) is 19.4. The summed E-state index contributed by atoms with van der Waals surface area (Å²) in [7, 11) is 0. The molecule has 4 rings (SSSR count). The standard InChI is InChI=1S/C19H18F5N5O/c20-13-11(14(21)16(23)17(24)15(13)22)5-6-30-10-3-1-9(2-4-10)28-18-12-7-27-29-19(12)26-8-25-18/h7-10H,1-6H2,(H2,25,26,27,28,29)/t9-,10-. The van der Waals surface area contributed by atoms with E-state index in [1.807, 2.05) is 0 Å². The van der Waals surface area contributed by atoms with E-state index in [-0.39, 0.29) is 18.8 Å². The van der Waals surface area contributed by atoms with Gasteiger partial charge in [-0.3, -0.25) is 5.10 Å². The minimum Gasteiger partial charge on any atom is -0.378 e. The highest BCUT2D eigenvalue weighted by Gasteiger charge is 2.26. The van der Waals surface area contributed by atoms with Crippen molar-refractivity contribution in [3.05, 3.63) is 47.2 Å². The number of halogens is 5. The van der Waals surface area contributed by atoms with E-state index < -0.39 is 41.1 Å². The van der Waals surface area contributed by atoms with Crippen LogP contribution in [0.2, 0.25) is 0 Å². The molecular weight excluding hydrogens is 409 g/mol. The third-order valence-corrected chi connectivity index (χ3v) is 5.27. The summed E-state index contributed by atoms with van der Waals surface area (Å²) in [5, 5.41) is 10.9. The molecule has 2 N–H and O–H groups in total. The van der Waals surface area contributed by atoms with Gasteiger partial charge in [0.25, 0.3) is 0 Å². The first-order valence-electron chi connectivity index (χ1n) is 9.48. The van der Waals surface area contributed by atoms with Crippen molar-refractivity contribution in [1.82, 2.24) is 20.2 Å². The minimum absolute atomic E-state index is 0.136. The largest absolute Gasteiger partial charge is 0.378 e. The first-order valence-corrected chi connectivity index (χ1v) is 9.48. The first-order chi connectivity index (χ1) is 14.5. The maximum absolute atomic E-state index is 13.7. The third kappa shape index (κ3) is 3.93. The lowest BCUT2D eigenvalue weighted by Crippen LogP contribution is -2.30. The molecular formula is C19H18F5N5O. The summed E-state index contributed by atoms with van der Waals surface area (Å²) in [6.45, 7) is -0.136. The summed E-state index contributed by atoms with van der Waals surface area (Å²) in [5.41, 5.74) is -0.215. The number of anilines is 1. The molecule has 1 aromatic carbocycles. The van der Waals surface area contributed by atoms with E-state index in [4.69, 9.17) is 4.74 Å². The molecule has 0 bridgehead atoms. The zero-order chi connectivity index (χ0) is 21.3. The fourth-order valence-corrected chi connectivity index (χ4v) is 3.64. The molecule has 0 aliphatic heterocycles. The number of ether oxygens (including phenoxy) is 1. The van der Waals surface area contributed by atoms with E-state index in [9.17, 15) is 22.0 Å². The van der Waals surface area contributed by atoms with Crippen LogP contribution in [-0.4, -0.2) is 38.9 Å². The van der Waals surface area contributed by atoms with Gasteiger partial charge in [-0.1, -0.05) is 0 Å². The second kappa shape index (κ2) is 8.50. The molecule has 11 heteroatoms. The number of hydrogen-bond donors (Lipinski definition) is 2. The van der Waals surface area contributed by atoms with Crippen LogP contribution < -0.4 is 5.32 Å². The zero-order valence-corrected chi connectivity index (χ0v) is 15.7. The minimum atomic E-state index is -2.16. The van der Waals surface area contributed by atoms with Crippen molar-refractivity contribution in [3.63, 3.8) is 0 Å². The molecule has 0 spiro atoms. The van der Waals surface area contributed by atoms with Crippen LogP contribution in [0, 0.1) is 29.1 Å². The van der Waals surface area contributed by atoms with E-state index in [0.29, 0.717) is 24.3 Å². The lowest BCUT2D eigenvalue weighted by molar-refractivity contribution is 0.0275. The Bertz CT molecular complexity index is 1020. The Morgan fingerprint density at radius 1 is 0.933 bits per heavy atom. The van der Waals surface area contributed by atoms with Crippen LogP contribution in [0.4, 0.5) is 27.8 Å². The van der Waals surface area contributed by atoms with Gasteiger partial charge < -0.3 is 10.1 Å². The first kappa shape index (κ1) is 20.5. The van der Waals surface area contributed by atoms with Crippen LogP contribution >= 0.6 is 0 Å². The van der Waals surface area contributed by atoms with Crippen molar-refractivity contribution in [2.45, 2.75) is 44.2 Å². The van der Waals surface area contributed by atoms with Crippen molar-refractivity contribution in [2.75, 3.05) is 11.9 Å². The van der Waals surface area contributed by atoms with E-state index in [0.717, 1.165) is 18.2 Å². The second-order valence-electron chi connectivity index (χ2n) is 7.14. The number of nitrogens with zero attached hydrogens (tertiary/aromatic N) is 3. The molecule has 2 heterocycles. The smallest absolute Gasteiger partial charge is 0.200 e. The molecule has 1 saturated carbocycles. The van der Waals surface area contributed by atoms with E-state index >= 15 is 0 Å². The number of nitrogens with one attached hydrogen (secondary N) is 2. The summed E-state index contributed by atoms with van der Waals surface area (Å²) >= 11 is 0. The Morgan fingerprint density at radius 2 is 1.60 bits per heavy atom. The van der Waals surface area contributed by atoms with Gasteiger partial charge in [0.2, 0.25) is 5.82 Å². The number of rotatable bonds is 6. The average Bonchev–Trinajstić information content (AvgIpc) is 3.24. The number of H-pyrrole nitrogens is 1. The van der Waals surface area contributed by atoms with Crippen LogP contribution in [-0.2, 0) is 11.2 Å². The molecule has 0 radical (unpaired) electrons. The number of fused-ring (bicyclic) bond motifs is 1. The second-order valence-corrected chi connectivity index (χ2v) is 7.14. The van der Waals surface area contributed by atoms with Gasteiger partial charge in [-0.2, -0.15) is 5.10 Å². The maximum Gasteiger partial charge on any atom is 0.200 e. The predicted molar refractivity (Wildman–Crippen MR) is 97.2 cm³/mol. The summed E-state index contributed by atoms with van der Waals surface area (Å²) in [4.78, 5) is 8.32. The van der Waals surface area contributed by atoms with Gasteiger partial charge >= 0.3 is 0 Å². The van der Waals surface area contributed by atoms with Gasteiger partial charge in [-0.05, 0) is 25.7 Å². The molecule has 1 fully saturated rings. The highest BCUT2D eigenvalue weighted by Crippen LogP contribution is 2.27. The monoisotopic (exact) mass is 427 g/mol. The molecule has 0 amide bonds. The molecule has 6 nitrogen and oxygen atoms in total. The van der Waals surface area contributed by atoms with Gasteiger partial charge in [-0.25, -0.2) is 31.9 Å². The average molecular weight is 427 g/mol. The van der Waals surface area contributed by atoms with Gasteiger partial charge in [0.15, 0.2) is 28.9 Å². The van der Waals surface area contributed by atoms with E-state index in [2.05, 4.69) is 25.5 Å². The summed E-state index contributed by atoms with van der Waals surface area (Å²) < 4.78 is 72.7. The fraction of sp³-hybridized carbons (Fsp3) is 0.421. The van der Waals surface area contributed by atoms with Crippen LogP contribution in [0.15, 0.2) is 12.5 Å². The third-order valence-electron chi connectivity index (χ3n) is 5.27. The van der Waals surface area contributed by atoms with Crippen molar-refractivity contribution in [3.8, 4) is 0 Å². The van der Waals surface area contributed by atoms with Gasteiger partial charge in [0.05, 0.1) is 24.3 Å². The Labute approximate surface area is 167 Å². The van der Waals surface area contributed by atoms with Crippen molar-refractivity contribution < 1.29 is 26.7 Å². The summed E-state index contributed by atoms with van der Waals surface area (Å²) in [6.07, 6.45) is 5.46. The van der Waals surface area contributed by atoms with Crippen molar-refractivity contribution >= 4 is 16.9 Å². The number of aromatic amines is 1. The highest BCUT2D eigenvalue weighted by atomic mass is 19.2. The van der Waals surface area contributed by atoms with Crippen LogP contribution in [0.3, 0.4) is 0 Å². The Hall–Kier alpha value is -2.82. The predicted octanol–water partition coefficient (Wildman–Crippen LogP) is 4.03. The topological polar surface area (TPSA) is 75.7 Å². The number of hydrogen-bond acceptors (Lipinski definition) is 5. The lowest BCUT2D eigenvalue weighted by Gasteiger charge is -2.29. The molecule has 3 aromatic rings. The Kier molecular flexibility index (Phi) is 5.80. The molecule has 0 saturated heterocycles. The van der Waals surface area contributed by atoms with Crippen molar-refractivity contribution in [1.29, 1.82) is 0 Å². The van der Waals surface area contributed by atoms with Crippen LogP contribution in [0.5, 0.6) is 0 Å². The fourth-order valence-electron chi connectivity index (χ4n) is 3.64. The molecule has 0 unspecified atom stereocenters.